The molecule has 0 aromatic carbocycles. The van der Waals surface area contributed by atoms with Gasteiger partial charge in [0.25, 0.3) is 5.56 Å². The van der Waals surface area contributed by atoms with E-state index < -0.39 is 77.9 Å². The first-order chi connectivity index (χ1) is 16.1. The molecule has 6 N–H and O–H groups in total. The summed E-state index contributed by atoms with van der Waals surface area (Å²) in [7, 11) is -18.1. The number of halogens is 3. The zero-order chi connectivity index (χ0) is 27.9. The van der Waals surface area contributed by atoms with Crippen LogP contribution in [0.4, 0.5) is 13.2 Å². The van der Waals surface area contributed by atoms with E-state index in [-0.39, 0.29) is 10.8 Å². The average molecular weight is 562 g/mol. The van der Waals surface area contributed by atoms with Gasteiger partial charge in [-0.25, -0.2) is 27.3 Å². The number of nitrogens with zero attached hydrogens (tertiary/aromatic N) is 1. The van der Waals surface area contributed by atoms with Crippen LogP contribution in [0.2, 0.25) is 0 Å². The van der Waals surface area contributed by atoms with E-state index in [1.807, 2.05) is 0 Å². The highest BCUT2D eigenvalue weighted by molar-refractivity contribution is 7.66. The molecule has 2 heterocycles. The lowest BCUT2D eigenvalue weighted by Gasteiger charge is -2.24. The Morgan fingerprint density at radius 3 is 2.41 bits per heavy atom. The number of nitrogens with one attached hydrogen (secondary N) is 1. The number of alkyl halides is 2. The molecule has 6 atom stereocenters. The van der Waals surface area contributed by atoms with Gasteiger partial charge in [-0.1, -0.05) is 11.8 Å². The van der Waals surface area contributed by atoms with Crippen molar-refractivity contribution in [2.45, 2.75) is 24.1 Å². The first-order valence-electron chi connectivity index (χ1n) is 9.08. The zero-order valence-corrected chi connectivity index (χ0v) is 18.5. The van der Waals surface area contributed by atoms with Crippen LogP contribution >= 0.6 is 23.5 Å². The number of hydrogen-bond acceptors (Lipinski definition) is 10. The number of H-pyrrole nitrogens is 1. The van der Waals surface area contributed by atoms with Gasteiger partial charge < -0.3 is 29.4 Å². The number of aromatic nitrogens is 2. The second-order valence-corrected chi connectivity index (χ2v) is 10.3. The number of aromatic amines is 1. The molecule has 16 nitrogen and oxygen atoms in total. The Kier molecular flexibility index (Phi) is 7.60. The molecule has 0 radical (unpaired) electrons. The van der Waals surface area contributed by atoms with Gasteiger partial charge >= 0.3 is 29.2 Å². The minimum absolute atomic E-state index is 0.0598. The fraction of sp³-hybridized carbons (Fsp3) is 0.500. The molecule has 1 fully saturated rings. The van der Waals surface area contributed by atoms with Crippen molar-refractivity contribution in [2.75, 3.05) is 13.2 Å². The van der Waals surface area contributed by atoms with E-state index in [4.69, 9.17) is 22.2 Å². The van der Waals surface area contributed by atoms with E-state index >= 15 is 4.39 Å². The van der Waals surface area contributed by atoms with Gasteiger partial charge in [0.05, 0.1) is 15.5 Å². The van der Waals surface area contributed by atoms with Crippen LogP contribution in [0.25, 0.3) is 0 Å². The standard InChI is InChI=1S/C12H14F3N2O14P3/c13-3-1-2-12(15)8(18)7(29-10(12)17-4-6(14)9(19)16-11(17)20)5-28-33(24,25)31-34(26,27)30-32(21,22)23/h4,7-8,10,18H,3,5H2,(H,24,25)(H,26,27)(H,16,19,20)(H2,21,22,23)/t7-,8+,10-,12?/m1/s1/i5D2. The lowest BCUT2D eigenvalue weighted by Crippen LogP contribution is -2.45. The smallest absolute Gasteiger partial charge is 0.386 e. The largest absolute Gasteiger partial charge is 0.490 e. The monoisotopic (exact) mass is 562 g/mol. The van der Waals surface area contributed by atoms with Crippen molar-refractivity contribution in [2.24, 2.45) is 0 Å². The molecule has 0 spiro atoms. The molecule has 1 aromatic rings. The molecule has 1 aliphatic rings. The Morgan fingerprint density at radius 1 is 1.24 bits per heavy atom. The highest BCUT2D eigenvalue weighted by Gasteiger charge is 2.58. The van der Waals surface area contributed by atoms with Gasteiger partial charge in [0.1, 0.15) is 18.9 Å². The van der Waals surface area contributed by atoms with Crippen LogP contribution in [0, 0.1) is 17.7 Å². The Morgan fingerprint density at radius 2 is 1.85 bits per heavy atom. The summed E-state index contributed by atoms with van der Waals surface area (Å²) in [6, 6.07) is 0. The van der Waals surface area contributed by atoms with Crippen molar-refractivity contribution >= 4 is 23.5 Å². The minimum Gasteiger partial charge on any atom is -0.386 e. The number of aliphatic hydroxyl groups excluding tert-OH is 1. The summed E-state index contributed by atoms with van der Waals surface area (Å²) in [5.41, 5.74) is -6.84. The van der Waals surface area contributed by atoms with Gasteiger partial charge in [-0.15, -0.1) is 0 Å². The van der Waals surface area contributed by atoms with Crippen molar-refractivity contribution in [3.05, 3.63) is 32.9 Å². The van der Waals surface area contributed by atoms with Gasteiger partial charge in [-0.2, -0.15) is 13.0 Å². The molecular weight excluding hydrogens is 546 g/mol. The fourth-order valence-corrected chi connectivity index (χ4v) is 5.27. The van der Waals surface area contributed by atoms with E-state index in [9.17, 15) is 42.1 Å². The molecule has 3 unspecified atom stereocenters. The quantitative estimate of drug-likeness (QED) is 0.164. The number of ether oxygens (including phenoxy) is 1. The molecule has 0 bridgehead atoms. The van der Waals surface area contributed by atoms with Crippen LogP contribution in [-0.4, -0.2) is 65.3 Å². The van der Waals surface area contributed by atoms with Gasteiger partial charge in [0.2, 0.25) is 11.5 Å². The fourth-order valence-electron chi connectivity index (χ4n) is 2.39. The topological polar surface area (TPSA) is 244 Å². The molecule has 1 aromatic heterocycles. The molecule has 34 heavy (non-hydrogen) atoms. The molecule has 1 aliphatic heterocycles. The van der Waals surface area contributed by atoms with Crippen LogP contribution in [0.15, 0.2) is 15.8 Å². The molecule has 0 amide bonds. The number of phosphoric ester groups is 1. The van der Waals surface area contributed by atoms with Crippen molar-refractivity contribution in [3.63, 3.8) is 0 Å². The van der Waals surface area contributed by atoms with Crippen LogP contribution < -0.4 is 11.2 Å². The van der Waals surface area contributed by atoms with E-state index in [1.165, 1.54) is 16.8 Å². The average Bonchev–Trinajstić information content (AvgIpc) is 2.91. The second kappa shape index (κ2) is 10.2. The Bertz CT molecular complexity index is 1340. The minimum atomic E-state index is -6.22. The lowest BCUT2D eigenvalue weighted by atomic mass is 9.96. The maximum Gasteiger partial charge on any atom is 0.490 e. The number of rotatable bonds is 8. The van der Waals surface area contributed by atoms with Gasteiger partial charge in [0, 0.05) is 0 Å². The summed E-state index contributed by atoms with van der Waals surface area (Å²) in [6.45, 7) is -5.50. The van der Waals surface area contributed by atoms with Crippen molar-refractivity contribution in [3.8, 4) is 11.8 Å². The Labute approximate surface area is 188 Å². The van der Waals surface area contributed by atoms with Crippen LogP contribution in [0.3, 0.4) is 0 Å². The summed E-state index contributed by atoms with van der Waals surface area (Å²) >= 11 is 0. The third-order valence-corrected chi connectivity index (χ3v) is 7.24. The van der Waals surface area contributed by atoms with Crippen molar-refractivity contribution in [1.82, 2.24) is 9.55 Å². The number of hydrogen-bond donors (Lipinski definition) is 6. The van der Waals surface area contributed by atoms with E-state index in [0.717, 1.165) is 0 Å². The summed E-state index contributed by atoms with van der Waals surface area (Å²) in [5.74, 6) is 1.29. The first kappa shape index (κ1) is 25.5. The number of phosphoric acid groups is 3. The third kappa shape index (κ3) is 6.95. The molecular formula is C12H14F3N2O14P3. The molecule has 192 valence electrons. The highest BCUT2D eigenvalue weighted by Crippen LogP contribution is 2.66. The van der Waals surface area contributed by atoms with E-state index in [2.05, 4.69) is 13.1 Å². The van der Waals surface area contributed by atoms with Crippen molar-refractivity contribution in [1.29, 1.82) is 0 Å². The van der Waals surface area contributed by atoms with Crippen molar-refractivity contribution < 1.29 is 72.2 Å². The summed E-state index contributed by atoms with van der Waals surface area (Å²) in [4.78, 5) is 60.3. The molecule has 2 rings (SSSR count). The lowest BCUT2D eigenvalue weighted by molar-refractivity contribution is -0.0539. The van der Waals surface area contributed by atoms with Crippen LogP contribution in [0.5, 0.6) is 0 Å². The first-order valence-corrected chi connectivity index (χ1v) is 12.6. The predicted molar refractivity (Wildman–Crippen MR) is 98.6 cm³/mol. The van der Waals surface area contributed by atoms with Crippen LogP contribution in [0.1, 0.15) is 8.97 Å². The predicted octanol–water partition coefficient (Wildman–Crippen LogP) is -1.04. The Hall–Kier alpha value is -1.64. The molecule has 1 saturated heterocycles. The Balaban J connectivity index is 2.48. The maximum atomic E-state index is 15.7. The van der Waals surface area contributed by atoms with Gasteiger partial charge in [-0.05, 0) is 0 Å². The normalized spacial score (nSPS) is 29.8. The summed E-state index contributed by atoms with van der Waals surface area (Å²) in [6.07, 6.45) is -8.36. The van der Waals surface area contributed by atoms with Crippen LogP contribution in [-0.2, 0) is 31.6 Å². The van der Waals surface area contributed by atoms with Gasteiger partial charge in [0.15, 0.2) is 6.23 Å². The third-order valence-electron chi connectivity index (χ3n) is 3.58. The van der Waals surface area contributed by atoms with Gasteiger partial charge in [-0.3, -0.25) is 18.9 Å². The highest BCUT2D eigenvalue weighted by atomic mass is 31.3. The maximum absolute atomic E-state index is 15.7. The molecule has 0 saturated carbocycles. The van der Waals surface area contributed by atoms with E-state index in [0.29, 0.717) is 0 Å². The zero-order valence-electron chi connectivity index (χ0n) is 17.8. The molecule has 22 heteroatoms. The number of aliphatic hydroxyl groups is 1. The summed E-state index contributed by atoms with van der Waals surface area (Å²) < 4.78 is 107. The molecule has 0 aliphatic carbocycles. The van der Waals surface area contributed by atoms with E-state index in [1.54, 1.807) is 0 Å². The second-order valence-electron chi connectivity index (χ2n) is 6.00. The SMILES string of the molecule is [2H]C([2H])(OP(=O)(O)OP(=O)(O)OP(=O)(O)O)[C@H]1O[C@@H](n2cc(F)c(=O)[nH]c2=O)C(F)(C#CCF)[C@H]1O. The summed E-state index contributed by atoms with van der Waals surface area (Å²) in [5, 5.41) is 10.3.